The Kier molecular flexibility index (Phi) is 6.14. The fraction of sp³-hybridized carbons (Fsp3) is 0.118. The topological polar surface area (TPSA) is 38.3 Å². The third-order valence-corrected chi connectivity index (χ3v) is 3.23. The Balaban J connectivity index is 1.75. The highest BCUT2D eigenvalue weighted by atomic mass is 35.5. The van der Waals surface area contributed by atoms with Gasteiger partial charge in [0.1, 0.15) is 12.4 Å². The van der Waals surface area contributed by atoms with Crippen molar-refractivity contribution in [2.75, 3.05) is 13.2 Å². The van der Waals surface area contributed by atoms with Gasteiger partial charge in [0, 0.05) is 10.6 Å². The van der Waals surface area contributed by atoms with Crippen LogP contribution in [0.1, 0.15) is 10.4 Å². The molecule has 0 bridgehead atoms. The molecule has 2 aromatic carbocycles. The van der Waals surface area contributed by atoms with Gasteiger partial charge in [0.05, 0.1) is 11.6 Å². The van der Waals surface area contributed by atoms with Crippen LogP contribution >= 0.6 is 23.2 Å². The van der Waals surface area contributed by atoms with E-state index in [1.807, 2.05) is 12.1 Å². The first-order valence-electron chi connectivity index (χ1n) is 6.53. The number of nitrogens with one attached hydrogen (secondary N) is 1. The van der Waals surface area contributed by atoms with Crippen LogP contribution in [0.15, 0.2) is 48.5 Å². The summed E-state index contributed by atoms with van der Waals surface area (Å²) in [5, 5.41) is 3.74. The molecule has 0 fully saturated rings. The molecule has 0 atom stereocenters. The smallest absolute Gasteiger partial charge is 0.252 e. The molecule has 0 radical (unpaired) electrons. The predicted octanol–water partition coefficient (Wildman–Crippen LogP) is 3.81. The van der Waals surface area contributed by atoms with Crippen molar-refractivity contribution in [2.45, 2.75) is 0 Å². The van der Waals surface area contributed by atoms with Crippen molar-refractivity contribution in [2.24, 2.45) is 0 Å². The SMILES string of the molecule is O=C(NCC#CCOc1ccccc1Cl)c1cccc(Cl)c1. The number of hydrogen-bond donors (Lipinski definition) is 1. The number of hydrogen-bond acceptors (Lipinski definition) is 2. The summed E-state index contributed by atoms with van der Waals surface area (Å²) in [7, 11) is 0. The lowest BCUT2D eigenvalue weighted by Gasteiger charge is -2.03. The largest absolute Gasteiger partial charge is 0.479 e. The molecule has 22 heavy (non-hydrogen) atoms. The van der Waals surface area contributed by atoms with Crippen LogP contribution in [0.2, 0.25) is 10.0 Å². The van der Waals surface area contributed by atoms with E-state index in [1.165, 1.54) is 0 Å². The third-order valence-electron chi connectivity index (χ3n) is 2.69. The van der Waals surface area contributed by atoms with Gasteiger partial charge in [-0.1, -0.05) is 53.2 Å². The van der Waals surface area contributed by atoms with E-state index in [9.17, 15) is 4.79 Å². The molecule has 0 aromatic heterocycles. The Morgan fingerprint density at radius 3 is 2.68 bits per heavy atom. The molecule has 0 spiro atoms. The van der Waals surface area contributed by atoms with Crippen LogP contribution in [0.3, 0.4) is 0 Å². The van der Waals surface area contributed by atoms with Crippen LogP contribution in [0.4, 0.5) is 0 Å². The number of benzene rings is 2. The molecule has 2 aromatic rings. The number of rotatable bonds is 4. The molecule has 0 aliphatic rings. The first-order chi connectivity index (χ1) is 10.7. The molecular weight excluding hydrogens is 321 g/mol. The lowest BCUT2D eigenvalue weighted by atomic mass is 10.2. The Bertz CT molecular complexity index is 720. The van der Waals surface area contributed by atoms with Gasteiger partial charge in [-0.05, 0) is 30.3 Å². The third kappa shape index (κ3) is 5.00. The molecule has 2 rings (SSSR count). The van der Waals surface area contributed by atoms with Gasteiger partial charge in [0.15, 0.2) is 0 Å². The van der Waals surface area contributed by atoms with E-state index in [1.54, 1.807) is 36.4 Å². The van der Waals surface area contributed by atoms with Crippen molar-refractivity contribution >= 4 is 29.1 Å². The summed E-state index contributed by atoms with van der Waals surface area (Å²) >= 11 is 11.8. The van der Waals surface area contributed by atoms with E-state index in [2.05, 4.69) is 17.2 Å². The van der Waals surface area contributed by atoms with Crippen molar-refractivity contribution in [3.8, 4) is 17.6 Å². The minimum absolute atomic E-state index is 0.205. The Hall–Kier alpha value is -2.15. The van der Waals surface area contributed by atoms with Gasteiger partial charge in [-0.15, -0.1) is 0 Å². The standard InChI is InChI=1S/C17H13Cl2NO2/c18-14-7-5-6-13(12-14)17(21)20-10-3-4-11-22-16-9-2-1-8-15(16)19/h1-2,5-9,12H,10-11H2,(H,20,21). The second-order valence-electron chi connectivity index (χ2n) is 4.27. The van der Waals surface area contributed by atoms with Gasteiger partial charge in [0.25, 0.3) is 5.91 Å². The fourth-order valence-electron chi connectivity index (χ4n) is 1.65. The number of ether oxygens (including phenoxy) is 1. The average molecular weight is 334 g/mol. The fourth-order valence-corrected chi connectivity index (χ4v) is 2.03. The van der Waals surface area contributed by atoms with Crippen LogP contribution in [-0.4, -0.2) is 19.1 Å². The molecule has 112 valence electrons. The minimum atomic E-state index is -0.219. The van der Waals surface area contributed by atoms with E-state index in [-0.39, 0.29) is 19.1 Å². The molecule has 0 saturated heterocycles. The van der Waals surface area contributed by atoms with Crippen LogP contribution in [0, 0.1) is 11.8 Å². The average Bonchev–Trinajstić information content (AvgIpc) is 2.52. The van der Waals surface area contributed by atoms with E-state index in [0.717, 1.165) is 0 Å². The second-order valence-corrected chi connectivity index (χ2v) is 5.11. The van der Waals surface area contributed by atoms with E-state index in [0.29, 0.717) is 21.4 Å². The number of carbonyl (C=O) groups is 1. The molecular formula is C17H13Cl2NO2. The van der Waals surface area contributed by atoms with Crippen LogP contribution in [0.5, 0.6) is 5.75 Å². The predicted molar refractivity (Wildman–Crippen MR) is 88.5 cm³/mol. The van der Waals surface area contributed by atoms with Crippen LogP contribution < -0.4 is 10.1 Å². The summed E-state index contributed by atoms with van der Waals surface area (Å²) in [6.45, 7) is 0.438. The number of halogens is 2. The number of para-hydroxylation sites is 1. The zero-order valence-electron chi connectivity index (χ0n) is 11.6. The monoisotopic (exact) mass is 333 g/mol. The molecule has 1 amide bonds. The molecule has 0 saturated carbocycles. The van der Waals surface area contributed by atoms with Crippen molar-refractivity contribution in [1.29, 1.82) is 0 Å². The Morgan fingerprint density at radius 2 is 1.91 bits per heavy atom. The van der Waals surface area contributed by atoms with Gasteiger partial charge in [-0.25, -0.2) is 0 Å². The second kappa shape index (κ2) is 8.33. The van der Waals surface area contributed by atoms with Gasteiger partial charge in [0.2, 0.25) is 0 Å². The van der Waals surface area contributed by atoms with Gasteiger partial charge >= 0.3 is 0 Å². The highest BCUT2D eigenvalue weighted by molar-refractivity contribution is 6.32. The first-order valence-corrected chi connectivity index (χ1v) is 7.29. The maximum Gasteiger partial charge on any atom is 0.252 e. The van der Waals surface area contributed by atoms with Gasteiger partial charge in [-0.3, -0.25) is 4.79 Å². The van der Waals surface area contributed by atoms with E-state index in [4.69, 9.17) is 27.9 Å². The molecule has 5 heteroatoms. The molecule has 3 nitrogen and oxygen atoms in total. The number of carbonyl (C=O) groups excluding carboxylic acids is 1. The summed E-state index contributed by atoms with van der Waals surface area (Å²) in [5.74, 6) is 5.98. The summed E-state index contributed by atoms with van der Waals surface area (Å²) < 4.78 is 5.41. The Morgan fingerprint density at radius 1 is 1.09 bits per heavy atom. The van der Waals surface area contributed by atoms with Crippen molar-refractivity contribution in [3.05, 3.63) is 64.1 Å². The first kappa shape index (κ1) is 16.2. The minimum Gasteiger partial charge on any atom is -0.479 e. The summed E-state index contributed by atoms with van der Waals surface area (Å²) in [4.78, 5) is 11.8. The van der Waals surface area contributed by atoms with Gasteiger partial charge < -0.3 is 10.1 Å². The molecule has 0 aliphatic carbocycles. The van der Waals surface area contributed by atoms with E-state index >= 15 is 0 Å². The zero-order chi connectivity index (χ0) is 15.8. The van der Waals surface area contributed by atoms with Crippen molar-refractivity contribution in [1.82, 2.24) is 5.32 Å². The van der Waals surface area contributed by atoms with Gasteiger partial charge in [-0.2, -0.15) is 0 Å². The molecule has 0 aliphatic heterocycles. The highest BCUT2D eigenvalue weighted by Gasteiger charge is 2.03. The lowest BCUT2D eigenvalue weighted by Crippen LogP contribution is -2.23. The summed E-state index contributed by atoms with van der Waals surface area (Å²) in [5.41, 5.74) is 0.501. The molecule has 1 N–H and O–H groups in total. The highest BCUT2D eigenvalue weighted by Crippen LogP contribution is 2.22. The summed E-state index contributed by atoms with van der Waals surface area (Å²) in [6.07, 6.45) is 0. The van der Waals surface area contributed by atoms with Crippen molar-refractivity contribution in [3.63, 3.8) is 0 Å². The normalized spacial score (nSPS) is 9.55. The van der Waals surface area contributed by atoms with Crippen LogP contribution in [-0.2, 0) is 0 Å². The van der Waals surface area contributed by atoms with Crippen molar-refractivity contribution < 1.29 is 9.53 Å². The van der Waals surface area contributed by atoms with E-state index < -0.39 is 0 Å². The lowest BCUT2D eigenvalue weighted by molar-refractivity contribution is 0.0958. The van der Waals surface area contributed by atoms with Crippen LogP contribution in [0.25, 0.3) is 0 Å². The quantitative estimate of drug-likeness (QED) is 0.864. The number of amides is 1. The maximum absolute atomic E-state index is 11.8. The molecule has 0 unspecified atom stereocenters. The Labute approximate surface area is 139 Å². The zero-order valence-corrected chi connectivity index (χ0v) is 13.1. The summed E-state index contributed by atoms with van der Waals surface area (Å²) in [6, 6.07) is 13.9. The molecule has 0 heterocycles. The maximum atomic E-state index is 11.8.